The number of hydrogen-bond acceptors (Lipinski definition) is 4. The second kappa shape index (κ2) is 8.29. The number of hydrogen-bond donors (Lipinski definition) is 1. The lowest BCUT2D eigenvalue weighted by atomic mass is 9.87. The zero-order valence-corrected chi connectivity index (χ0v) is 15.1. The van der Waals surface area contributed by atoms with Crippen LogP contribution in [0.1, 0.15) is 48.2 Å². The fourth-order valence-electron chi connectivity index (χ4n) is 2.03. The van der Waals surface area contributed by atoms with Gasteiger partial charge in [-0.2, -0.15) is 13.9 Å². The predicted octanol–water partition coefficient (Wildman–Crippen LogP) is 4.80. The van der Waals surface area contributed by atoms with Gasteiger partial charge in [0.2, 0.25) is 0 Å². The molecule has 0 atom stereocenters. The van der Waals surface area contributed by atoms with Crippen LogP contribution in [0.5, 0.6) is 0 Å². The van der Waals surface area contributed by atoms with Gasteiger partial charge >= 0.3 is 0 Å². The van der Waals surface area contributed by atoms with Crippen molar-refractivity contribution in [3.05, 3.63) is 59.0 Å². The molecule has 0 saturated carbocycles. The van der Waals surface area contributed by atoms with E-state index in [0.717, 1.165) is 5.56 Å². The maximum absolute atomic E-state index is 12.1. The van der Waals surface area contributed by atoms with Gasteiger partial charge in [0, 0.05) is 5.56 Å². The number of nitrogens with one attached hydrogen (secondary N) is 1. The Balaban J connectivity index is 1.90. The summed E-state index contributed by atoms with van der Waals surface area (Å²) in [6.07, 6.45) is 1.33. The molecular formula is C18H20F2N2O2S. The Hall–Kier alpha value is -2.15. The minimum absolute atomic E-state index is 0.0206. The third-order valence-electron chi connectivity index (χ3n) is 3.41. The van der Waals surface area contributed by atoms with Crippen LogP contribution < -0.4 is 5.43 Å². The minimum atomic E-state index is -2.44. The fraction of sp³-hybridized carbons (Fsp3) is 0.333. The molecule has 0 aliphatic carbocycles. The smallest absolute Gasteiger partial charge is 0.284 e. The van der Waals surface area contributed by atoms with Gasteiger partial charge in [0.25, 0.3) is 11.7 Å². The number of rotatable bonds is 6. The van der Waals surface area contributed by atoms with Crippen molar-refractivity contribution in [1.82, 2.24) is 5.43 Å². The molecule has 0 aliphatic heterocycles. The number of carbonyl (C=O) groups is 1. The largest absolute Gasteiger partial charge is 0.459 e. The summed E-state index contributed by atoms with van der Waals surface area (Å²) < 4.78 is 29.6. The first kappa shape index (κ1) is 19.2. The van der Waals surface area contributed by atoms with Crippen LogP contribution in [-0.4, -0.2) is 17.9 Å². The van der Waals surface area contributed by atoms with E-state index in [2.05, 4.69) is 31.3 Å². The molecule has 0 saturated heterocycles. The molecule has 0 unspecified atom stereocenters. The molecule has 2 aromatic rings. The highest BCUT2D eigenvalue weighted by molar-refractivity contribution is 7.98. The standard InChI is InChI=1S/C18H20F2N2O2S/c1-18(2,3)13-6-4-12(5-7-13)16(23)22-21-10-14-8-9-15(24-14)11-25-17(19)20/h4-10,17H,11H2,1-3H3,(H,22,23)/b21-10-. The van der Waals surface area contributed by atoms with E-state index >= 15 is 0 Å². The normalized spacial score (nSPS) is 12.1. The first-order valence-electron chi connectivity index (χ1n) is 7.68. The molecule has 1 aromatic heterocycles. The van der Waals surface area contributed by atoms with E-state index in [1.165, 1.54) is 6.21 Å². The van der Waals surface area contributed by atoms with Crippen molar-refractivity contribution in [3.63, 3.8) is 0 Å². The fourth-order valence-corrected chi connectivity index (χ4v) is 2.47. The Labute approximate surface area is 149 Å². The Morgan fingerprint density at radius 3 is 2.52 bits per heavy atom. The first-order valence-corrected chi connectivity index (χ1v) is 8.73. The molecule has 4 nitrogen and oxygen atoms in total. The monoisotopic (exact) mass is 366 g/mol. The first-order chi connectivity index (χ1) is 11.8. The van der Waals surface area contributed by atoms with Gasteiger partial charge in [-0.1, -0.05) is 44.7 Å². The highest BCUT2D eigenvalue weighted by atomic mass is 32.2. The van der Waals surface area contributed by atoms with E-state index in [4.69, 9.17) is 4.42 Å². The van der Waals surface area contributed by atoms with E-state index in [1.54, 1.807) is 24.3 Å². The van der Waals surface area contributed by atoms with Crippen LogP contribution in [0.15, 0.2) is 45.9 Å². The number of alkyl halides is 2. The number of halogens is 2. The van der Waals surface area contributed by atoms with E-state index in [0.29, 0.717) is 28.8 Å². The van der Waals surface area contributed by atoms with Crippen LogP contribution in [0, 0.1) is 0 Å². The quantitative estimate of drug-likeness (QED) is 0.590. The van der Waals surface area contributed by atoms with Gasteiger partial charge in [0.1, 0.15) is 11.5 Å². The molecule has 7 heteroatoms. The molecule has 0 fully saturated rings. The van der Waals surface area contributed by atoms with Crippen molar-refractivity contribution in [1.29, 1.82) is 0 Å². The third-order valence-corrected chi connectivity index (χ3v) is 4.11. The van der Waals surface area contributed by atoms with Crippen LogP contribution in [0.2, 0.25) is 0 Å². The summed E-state index contributed by atoms with van der Waals surface area (Å²) in [4.78, 5) is 12.0. The second-order valence-corrected chi connectivity index (χ2v) is 7.38. The highest BCUT2D eigenvalue weighted by Gasteiger charge is 2.14. The molecule has 1 N–H and O–H groups in total. The average molecular weight is 366 g/mol. The Morgan fingerprint density at radius 2 is 1.92 bits per heavy atom. The number of carbonyl (C=O) groups excluding carboxylic acids is 1. The molecule has 25 heavy (non-hydrogen) atoms. The van der Waals surface area contributed by atoms with Gasteiger partial charge in [-0.25, -0.2) is 5.43 Å². The van der Waals surface area contributed by atoms with Gasteiger partial charge in [-0.15, -0.1) is 0 Å². The summed E-state index contributed by atoms with van der Waals surface area (Å²) in [6.45, 7) is 6.30. The van der Waals surface area contributed by atoms with Crippen molar-refractivity contribution in [3.8, 4) is 0 Å². The minimum Gasteiger partial charge on any atom is -0.459 e. The van der Waals surface area contributed by atoms with Gasteiger partial charge in [-0.3, -0.25) is 4.79 Å². The van der Waals surface area contributed by atoms with Crippen molar-refractivity contribution < 1.29 is 18.0 Å². The number of benzene rings is 1. The molecule has 0 radical (unpaired) electrons. The van der Waals surface area contributed by atoms with Gasteiger partial charge in [0.05, 0.1) is 12.0 Å². The summed E-state index contributed by atoms with van der Waals surface area (Å²) in [5.74, 6) is -1.88. The average Bonchev–Trinajstić information content (AvgIpc) is 3.00. The number of nitrogens with zero attached hydrogens (tertiary/aromatic N) is 1. The van der Waals surface area contributed by atoms with Crippen LogP contribution in [0.3, 0.4) is 0 Å². The summed E-state index contributed by atoms with van der Waals surface area (Å²) in [5.41, 5.74) is 4.07. The Bertz CT molecular complexity index is 734. The summed E-state index contributed by atoms with van der Waals surface area (Å²) >= 11 is 0.485. The zero-order chi connectivity index (χ0) is 18.4. The third kappa shape index (κ3) is 6.01. The molecule has 0 aliphatic rings. The molecule has 1 heterocycles. The van der Waals surface area contributed by atoms with Gasteiger partial charge < -0.3 is 4.42 Å². The van der Waals surface area contributed by atoms with E-state index in [9.17, 15) is 13.6 Å². The molecule has 134 valence electrons. The zero-order valence-electron chi connectivity index (χ0n) is 14.3. The van der Waals surface area contributed by atoms with Crippen LogP contribution in [0.4, 0.5) is 8.78 Å². The van der Waals surface area contributed by atoms with Crippen LogP contribution in [-0.2, 0) is 11.2 Å². The van der Waals surface area contributed by atoms with Crippen molar-refractivity contribution in [2.24, 2.45) is 5.10 Å². The maximum Gasteiger partial charge on any atom is 0.284 e. The predicted molar refractivity (Wildman–Crippen MR) is 96.2 cm³/mol. The van der Waals surface area contributed by atoms with E-state index in [-0.39, 0.29) is 17.1 Å². The Morgan fingerprint density at radius 1 is 1.24 bits per heavy atom. The number of hydrazone groups is 1. The second-order valence-electron chi connectivity index (χ2n) is 6.40. The number of thioether (sulfide) groups is 1. The molecule has 0 spiro atoms. The van der Waals surface area contributed by atoms with Crippen molar-refractivity contribution >= 4 is 23.9 Å². The number of furan rings is 1. The van der Waals surface area contributed by atoms with Gasteiger partial charge in [-0.05, 0) is 35.2 Å². The summed E-state index contributed by atoms with van der Waals surface area (Å²) in [7, 11) is 0. The SMILES string of the molecule is CC(C)(C)c1ccc(C(=O)N/N=C\c2ccc(CSC(F)F)o2)cc1. The molecule has 0 bridgehead atoms. The summed E-state index contributed by atoms with van der Waals surface area (Å²) in [6, 6.07) is 10.5. The van der Waals surface area contributed by atoms with E-state index in [1.807, 2.05) is 12.1 Å². The van der Waals surface area contributed by atoms with Crippen LogP contribution in [0.25, 0.3) is 0 Å². The Kier molecular flexibility index (Phi) is 6.36. The molecule has 2 rings (SSSR count). The lowest BCUT2D eigenvalue weighted by Crippen LogP contribution is -2.18. The van der Waals surface area contributed by atoms with E-state index < -0.39 is 5.76 Å². The summed E-state index contributed by atoms with van der Waals surface area (Å²) in [5, 5.41) is 3.82. The highest BCUT2D eigenvalue weighted by Crippen LogP contribution is 2.22. The van der Waals surface area contributed by atoms with Crippen LogP contribution >= 0.6 is 11.8 Å². The lowest BCUT2D eigenvalue weighted by molar-refractivity contribution is 0.0955. The van der Waals surface area contributed by atoms with Crippen molar-refractivity contribution in [2.75, 3.05) is 0 Å². The molecule has 1 amide bonds. The van der Waals surface area contributed by atoms with Crippen molar-refractivity contribution in [2.45, 2.75) is 37.7 Å². The topological polar surface area (TPSA) is 54.6 Å². The van der Waals surface area contributed by atoms with Gasteiger partial charge in [0.15, 0.2) is 0 Å². The lowest BCUT2D eigenvalue weighted by Gasteiger charge is -2.18. The molecular weight excluding hydrogens is 346 g/mol. The maximum atomic E-state index is 12.1. The number of amides is 1. The molecule has 1 aromatic carbocycles.